The lowest BCUT2D eigenvalue weighted by Crippen LogP contribution is -2.48. The zero-order valence-electron chi connectivity index (χ0n) is 17.6. The maximum atomic E-state index is 12.7. The maximum Gasteiger partial charge on any atom is 0.223 e. The summed E-state index contributed by atoms with van der Waals surface area (Å²) in [6, 6.07) is 11.2. The molecule has 162 valence electrons. The van der Waals surface area contributed by atoms with Crippen LogP contribution in [0.1, 0.15) is 28.8 Å². The SMILES string of the molecule is COc1ccc(C)cc1C(=O)CCC(=O)N1CCN(c2nc3ccc(Cl)cc3s2)CC1. The van der Waals surface area contributed by atoms with E-state index in [2.05, 4.69) is 9.88 Å². The standard InChI is InChI=1S/C23H24ClN3O3S/c1-15-3-7-20(30-2)17(13-15)19(28)6-8-22(29)26-9-11-27(12-10-26)23-25-18-5-4-16(24)14-21(18)31-23/h3-5,7,13-14H,6,8-12H2,1-2H3. The number of piperazine rings is 1. The van der Waals surface area contributed by atoms with E-state index in [-0.39, 0.29) is 24.5 Å². The van der Waals surface area contributed by atoms with Gasteiger partial charge in [0.05, 0.1) is 22.9 Å². The van der Waals surface area contributed by atoms with Gasteiger partial charge < -0.3 is 14.5 Å². The van der Waals surface area contributed by atoms with Crippen molar-refractivity contribution in [3.8, 4) is 5.75 Å². The topological polar surface area (TPSA) is 62.7 Å². The lowest BCUT2D eigenvalue weighted by atomic mass is 10.0. The first-order valence-electron chi connectivity index (χ1n) is 10.2. The minimum absolute atomic E-state index is 0.00991. The van der Waals surface area contributed by atoms with E-state index in [4.69, 9.17) is 16.3 Å². The molecule has 0 radical (unpaired) electrons. The van der Waals surface area contributed by atoms with Crippen LogP contribution < -0.4 is 9.64 Å². The van der Waals surface area contributed by atoms with Gasteiger partial charge in [0.25, 0.3) is 0 Å². The maximum absolute atomic E-state index is 12.7. The summed E-state index contributed by atoms with van der Waals surface area (Å²) < 4.78 is 6.35. The number of hydrogen-bond donors (Lipinski definition) is 0. The van der Waals surface area contributed by atoms with Crippen LogP contribution in [0.5, 0.6) is 5.75 Å². The van der Waals surface area contributed by atoms with Crippen LogP contribution in [-0.4, -0.2) is 54.9 Å². The largest absolute Gasteiger partial charge is 0.496 e. The Kier molecular flexibility index (Phi) is 6.43. The number of fused-ring (bicyclic) bond motifs is 1. The van der Waals surface area contributed by atoms with E-state index < -0.39 is 0 Å². The fourth-order valence-corrected chi connectivity index (χ4v) is 5.01. The second kappa shape index (κ2) is 9.24. The number of thiazole rings is 1. The lowest BCUT2D eigenvalue weighted by molar-refractivity contribution is -0.131. The Hall–Kier alpha value is -2.64. The van der Waals surface area contributed by atoms with Gasteiger partial charge in [-0.15, -0.1) is 0 Å². The molecule has 1 aliphatic heterocycles. The number of rotatable bonds is 6. The number of carbonyl (C=O) groups is 2. The first-order chi connectivity index (χ1) is 14.9. The molecule has 0 aliphatic carbocycles. The summed E-state index contributed by atoms with van der Waals surface area (Å²) in [6.45, 7) is 4.62. The summed E-state index contributed by atoms with van der Waals surface area (Å²) in [6.07, 6.45) is 0.382. The van der Waals surface area contributed by atoms with Crippen LogP contribution in [0.4, 0.5) is 5.13 Å². The van der Waals surface area contributed by atoms with Gasteiger partial charge in [-0.25, -0.2) is 4.98 Å². The number of ketones is 1. The van der Waals surface area contributed by atoms with Gasteiger partial charge >= 0.3 is 0 Å². The van der Waals surface area contributed by atoms with Gasteiger partial charge in [0, 0.05) is 44.0 Å². The molecule has 0 saturated carbocycles. The highest BCUT2D eigenvalue weighted by atomic mass is 35.5. The van der Waals surface area contributed by atoms with Crippen LogP contribution in [0.25, 0.3) is 10.2 Å². The average Bonchev–Trinajstić information content (AvgIpc) is 3.20. The van der Waals surface area contributed by atoms with Crippen LogP contribution in [-0.2, 0) is 4.79 Å². The van der Waals surface area contributed by atoms with E-state index >= 15 is 0 Å². The van der Waals surface area contributed by atoms with Crippen molar-refractivity contribution in [2.75, 3.05) is 38.2 Å². The van der Waals surface area contributed by atoms with Crippen molar-refractivity contribution in [3.05, 3.63) is 52.5 Å². The monoisotopic (exact) mass is 457 g/mol. The number of Topliss-reactive ketones (excluding diaryl/α,β-unsaturated/α-hetero) is 1. The van der Waals surface area contributed by atoms with Gasteiger partial charge in [-0.3, -0.25) is 9.59 Å². The number of aromatic nitrogens is 1. The Morgan fingerprint density at radius 2 is 1.87 bits per heavy atom. The van der Waals surface area contributed by atoms with Crippen molar-refractivity contribution >= 4 is 50.0 Å². The lowest BCUT2D eigenvalue weighted by Gasteiger charge is -2.34. The molecule has 0 bridgehead atoms. The third-order valence-corrected chi connectivity index (χ3v) is 6.78. The van der Waals surface area contributed by atoms with Gasteiger partial charge in [0.2, 0.25) is 5.91 Å². The second-order valence-corrected chi connectivity index (χ2v) is 9.05. The van der Waals surface area contributed by atoms with Gasteiger partial charge in [0.1, 0.15) is 5.75 Å². The van der Waals surface area contributed by atoms with Crippen LogP contribution in [0, 0.1) is 6.92 Å². The molecule has 0 atom stereocenters. The number of benzene rings is 2. The van der Waals surface area contributed by atoms with Crippen LogP contribution in [0.2, 0.25) is 5.02 Å². The Morgan fingerprint density at radius 3 is 2.61 bits per heavy atom. The van der Waals surface area contributed by atoms with E-state index in [1.54, 1.807) is 24.5 Å². The molecule has 1 amide bonds. The third-order valence-electron chi connectivity index (χ3n) is 5.46. The molecule has 0 spiro atoms. The summed E-state index contributed by atoms with van der Waals surface area (Å²) in [4.78, 5) is 34.0. The molecule has 0 unspecified atom stereocenters. The number of halogens is 1. The van der Waals surface area contributed by atoms with E-state index in [1.165, 1.54) is 0 Å². The number of aryl methyl sites for hydroxylation is 1. The normalized spacial score (nSPS) is 14.2. The molecule has 1 saturated heterocycles. The zero-order valence-corrected chi connectivity index (χ0v) is 19.1. The molecule has 2 heterocycles. The average molecular weight is 458 g/mol. The van der Waals surface area contributed by atoms with Crippen molar-refractivity contribution in [3.63, 3.8) is 0 Å². The molecular weight excluding hydrogens is 434 g/mol. The second-order valence-electron chi connectivity index (χ2n) is 7.60. The number of ether oxygens (including phenoxy) is 1. The zero-order chi connectivity index (χ0) is 22.0. The smallest absolute Gasteiger partial charge is 0.223 e. The summed E-state index contributed by atoms with van der Waals surface area (Å²) in [7, 11) is 1.55. The highest BCUT2D eigenvalue weighted by molar-refractivity contribution is 7.22. The quantitative estimate of drug-likeness (QED) is 0.507. The summed E-state index contributed by atoms with van der Waals surface area (Å²) in [5.74, 6) is 0.491. The summed E-state index contributed by atoms with van der Waals surface area (Å²) in [5, 5.41) is 1.65. The number of nitrogens with zero attached hydrogens (tertiary/aromatic N) is 3. The number of hydrogen-bond acceptors (Lipinski definition) is 6. The fraction of sp³-hybridized carbons (Fsp3) is 0.348. The number of carbonyl (C=O) groups excluding carboxylic acids is 2. The molecule has 6 nitrogen and oxygen atoms in total. The predicted molar refractivity (Wildman–Crippen MR) is 125 cm³/mol. The van der Waals surface area contributed by atoms with E-state index in [9.17, 15) is 9.59 Å². The molecule has 8 heteroatoms. The highest BCUT2D eigenvalue weighted by Crippen LogP contribution is 2.31. The van der Waals surface area contributed by atoms with Crippen LogP contribution in [0.3, 0.4) is 0 Å². The highest BCUT2D eigenvalue weighted by Gasteiger charge is 2.24. The Morgan fingerprint density at radius 1 is 1.10 bits per heavy atom. The van der Waals surface area contributed by atoms with Gasteiger partial charge in [-0.1, -0.05) is 34.6 Å². The first-order valence-corrected chi connectivity index (χ1v) is 11.4. The van der Waals surface area contributed by atoms with E-state index in [1.807, 2.05) is 42.2 Å². The molecule has 0 N–H and O–H groups in total. The van der Waals surface area contributed by atoms with Gasteiger partial charge in [-0.2, -0.15) is 0 Å². The number of anilines is 1. The van der Waals surface area contributed by atoms with E-state index in [0.717, 1.165) is 34.0 Å². The van der Waals surface area contributed by atoms with Crippen molar-refractivity contribution in [2.45, 2.75) is 19.8 Å². The first kappa shape index (κ1) is 21.6. The van der Waals surface area contributed by atoms with Gasteiger partial charge in [-0.05, 0) is 37.3 Å². The van der Waals surface area contributed by atoms with Crippen molar-refractivity contribution in [1.82, 2.24) is 9.88 Å². The Labute approximate surface area is 190 Å². The molecule has 1 aliphatic rings. The van der Waals surface area contributed by atoms with Crippen LogP contribution >= 0.6 is 22.9 Å². The minimum Gasteiger partial charge on any atom is -0.496 e. The fourth-order valence-electron chi connectivity index (χ4n) is 3.72. The number of amides is 1. The molecule has 4 rings (SSSR count). The van der Waals surface area contributed by atoms with E-state index in [0.29, 0.717) is 29.4 Å². The summed E-state index contributed by atoms with van der Waals surface area (Å²) in [5.41, 5.74) is 2.47. The number of methoxy groups -OCH3 is 1. The molecule has 31 heavy (non-hydrogen) atoms. The third kappa shape index (κ3) is 4.83. The Bertz CT molecular complexity index is 1120. The molecule has 1 fully saturated rings. The summed E-state index contributed by atoms with van der Waals surface area (Å²) >= 11 is 7.69. The molecule has 1 aromatic heterocycles. The minimum atomic E-state index is -0.0688. The molecule has 2 aromatic carbocycles. The van der Waals surface area contributed by atoms with Crippen molar-refractivity contribution in [1.29, 1.82) is 0 Å². The van der Waals surface area contributed by atoms with Gasteiger partial charge in [0.15, 0.2) is 10.9 Å². The van der Waals surface area contributed by atoms with Crippen molar-refractivity contribution in [2.24, 2.45) is 0 Å². The predicted octanol–water partition coefficient (Wildman–Crippen LogP) is 4.58. The Balaban J connectivity index is 1.32. The molecular formula is C23H24ClN3O3S. The van der Waals surface area contributed by atoms with Crippen LogP contribution in [0.15, 0.2) is 36.4 Å². The molecule has 3 aromatic rings. The van der Waals surface area contributed by atoms with Crippen molar-refractivity contribution < 1.29 is 14.3 Å².